The summed E-state index contributed by atoms with van der Waals surface area (Å²) < 4.78 is 4.45. The number of piperazine rings is 1. The summed E-state index contributed by atoms with van der Waals surface area (Å²) in [5, 5.41) is 4.55. The molecule has 1 aliphatic carbocycles. The summed E-state index contributed by atoms with van der Waals surface area (Å²) in [6.45, 7) is 5.39. The van der Waals surface area contributed by atoms with Gasteiger partial charge in [0.1, 0.15) is 5.82 Å². The van der Waals surface area contributed by atoms with Gasteiger partial charge < -0.3 is 10.2 Å². The zero-order valence-corrected chi connectivity index (χ0v) is 9.76. The second-order valence-electron chi connectivity index (χ2n) is 4.51. The highest BCUT2D eigenvalue weighted by molar-refractivity contribution is 7.09. The highest BCUT2D eigenvalue weighted by Crippen LogP contribution is 2.39. The van der Waals surface area contributed by atoms with E-state index in [1.54, 1.807) is 11.5 Å². The quantitative estimate of drug-likeness (QED) is 0.820. The van der Waals surface area contributed by atoms with E-state index in [-0.39, 0.29) is 0 Å². The molecule has 1 aromatic heterocycles. The number of hydrogen-bond donors (Lipinski definition) is 1. The van der Waals surface area contributed by atoms with E-state index in [1.807, 2.05) is 0 Å². The van der Waals surface area contributed by atoms with Crippen molar-refractivity contribution in [1.82, 2.24) is 14.7 Å². The summed E-state index contributed by atoms with van der Waals surface area (Å²) in [6, 6.07) is 0.562. The van der Waals surface area contributed by atoms with Gasteiger partial charge >= 0.3 is 0 Å². The average Bonchev–Trinajstić information content (AvgIpc) is 2.97. The fourth-order valence-electron chi connectivity index (χ4n) is 1.97. The van der Waals surface area contributed by atoms with Crippen LogP contribution in [0.3, 0.4) is 0 Å². The number of nitrogens with one attached hydrogen (secondary N) is 1. The number of rotatable bonds is 2. The van der Waals surface area contributed by atoms with Crippen LogP contribution in [0.2, 0.25) is 0 Å². The maximum absolute atomic E-state index is 4.64. The molecular weight excluding hydrogens is 208 g/mol. The first-order chi connectivity index (χ1) is 7.33. The van der Waals surface area contributed by atoms with Crippen molar-refractivity contribution in [1.29, 1.82) is 0 Å². The maximum Gasteiger partial charge on any atom is 0.205 e. The van der Waals surface area contributed by atoms with Crippen LogP contribution in [0.15, 0.2) is 0 Å². The van der Waals surface area contributed by atoms with Gasteiger partial charge in [0.25, 0.3) is 0 Å². The number of anilines is 1. The second kappa shape index (κ2) is 3.72. The predicted molar refractivity (Wildman–Crippen MR) is 61.6 cm³/mol. The van der Waals surface area contributed by atoms with Crippen LogP contribution in [0.4, 0.5) is 5.13 Å². The first-order valence-electron chi connectivity index (χ1n) is 5.65. The van der Waals surface area contributed by atoms with Gasteiger partial charge in [0.05, 0.1) is 0 Å². The number of nitrogens with zero attached hydrogens (tertiary/aromatic N) is 3. The minimum absolute atomic E-state index is 0.562. The number of hydrogen-bond acceptors (Lipinski definition) is 5. The summed E-state index contributed by atoms with van der Waals surface area (Å²) in [4.78, 5) is 6.99. The highest BCUT2D eigenvalue weighted by atomic mass is 32.1. The Morgan fingerprint density at radius 1 is 1.47 bits per heavy atom. The van der Waals surface area contributed by atoms with E-state index >= 15 is 0 Å². The van der Waals surface area contributed by atoms with Gasteiger partial charge in [-0.25, -0.2) is 4.98 Å². The summed E-state index contributed by atoms with van der Waals surface area (Å²) in [6.07, 6.45) is 2.57. The van der Waals surface area contributed by atoms with E-state index in [4.69, 9.17) is 0 Å². The molecule has 0 unspecified atom stereocenters. The highest BCUT2D eigenvalue weighted by Gasteiger charge is 2.29. The molecule has 3 rings (SSSR count). The molecule has 1 saturated heterocycles. The van der Waals surface area contributed by atoms with Crippen molar-refractivity contribution < 1.29 is 0 Å². The van der Waals surface area contributed by atoms with E-state index in [0.29, 0.717) is 12.0 Å². The average molecular weight is 224 g/mol. The molecule has 5 heteroatoms. The van der Waals surface area contributed by atoms with Crippen LogP contribution in [0, 0.1) is 0 Å². The van der Waals surface area contributed by atoms with Crippen LogP contribution in [0.25, 0.3) is 0 Å². The van der Waals surface area contributed by atoms with E-state index in [9.17, 15) is 0 Å². The third kappa shape index (κ3) is 1.99. The van der Waals surface area contributed by atoms with E-state index in [2.05, 4.69) is 26.5 Å². The molecule has 82 valence electrons. The molecule has 1 saturated carbocycles. The maximum atomic E-state index is 4.64. The van der Waals surface area contributed by atoms with E-state index < -0.39 is 0 Å². The van der Waals surface area contributed by atoms with Crippen molar-refractivity contribution in [2.24, 2.45) is 0 Å². The van der Waals surface area contributed by atoms with Gasteiger partial charge in [-0.3, -0.25) is 0 Å². The second-order valence-corrected chi connectivity index (χ2v) is 5.24. The predicted octanol–water partition coefficient (Wildman–Crippen LogP) is 1.21. The van der Waals surface area contributed by atoms with Crippen molar-refractivity contribution >= 4 is 16.7 Å². The molecule has 2 heterocycles. The Morgan fingerprint density at radius 2 is 2.33 bits per heavy atom. The Morgan fingerprint density at radius 3 is 3.07 bits per heavy atom. The third-order valence-electron chi connectivity index (χ3n) is 3.01. The lowest BCUT2D eigenvalue weighted by molar-refractivity contribution is 0.484. The monoisotopic (exact) mass is 224 g/mol. The number of aromatic nitrogens is 2. The molecule has 0 spiro atoms. The Kier molecular flexibility index (Phi) is 2.36. The first kappa shape index (κ1) is 9.54. The van der Waals surface area contributed by atoms with Gasteiger partial charge in [0, 0.05) is 43.1 Å². The van der Waals surface area contributed by atoms with Crippen molar-refractivity contribution in [3.63, 3.8) is 0 Å². The largest absolute Gasteiger partial charge is 0.344 e. The molecular formula is C10H16N4S. The van der Waals surface area contributed by atoms with Crippen molar-refractivity contribution in [3.05, 3.63) is 5.82 Å². The van der Waals surface area contributed by atoms with Crippen LogP contribution < -0.4 is 10.2 Å². The molecule has 2 aliphatic rings. The summed E-state index contributed by atoms with van der Waals surface area (Å²) in [5.74, 6) is 1.76. The lowest BCUT2D eigenvalue weighted by Gasteiger charge is -2.31. The van der Waals surface area contributed by atoms with Crippen LogP contribution in [0.5, 0.6) is 0 Å². The van der Waals surface area contributed by atoms with Crippen LogP contribution >= 0.6 is 11.5 Å². The zero-order valence-electron chi connectivity index (χ0n) is 8.94. The van der Waals surface area contributed by atoms with Gasteiger partial charge in [-0.1, -0.05) is 0 Å². The Balaban J connectivity index is 1.73. The minimum Gasteiger partial charge on any atom is -0.344 e. The summed E-state index contributed by atoms with van der Waals surface area (Å²) in [7, 11) is 0. The Labute approximate surface area is 93.9 Å². The molecule has 2 fully saturated rings. The third-order valence-corrected chi connectivity index (χ3v) is 3.80. The molecule has 0 bridgehead atoms. The molecule has 1 N–H and O–H groups in total. The zero-order chi connectivity index (χ0) is 10.3. The van der Waals surface area contributed by atoms with Gasteiger partial charge in [-0.2, -0.15) is 4.37 Å². The molecule has 15 heavy (non-hydrogen) atoms. The van der Waals surface area contributed by atoms with Crippen molar-refractivity contribution in [2.75, 3.05) is 24.5 Å². The van der Waals surface area contributed by atoms with E-state index in [0.717, 1.165) is 30.6 Å². The summed E-state index contributed by atoms with van der Waals surface area (Å²) in [5.41, 5.74) is 0. The molecule has 0 radical (unpaired) electrons. The van der Waals surface area contributed by atoms with Crippen LogP contribution in [-0.2, 0) is 0 Å². The van der Waals surface area contributed by atoms with Crippen molar-refractivity contribution in [3.8, 4) is 0 Å². The molecule has 4 nitrogen and oxygen atoms in total. The molecule has 1 atom stereocenters. The van der Waals surface area contributed by atoms with Gasteiger partial charge in [0.15, 0.2) is 0 Å². The normalized spacial score (nSPS) is 27.0. The smallest absolute Gasteiger partial charge is 0.205 e. The topological polar surface area (TPSA) is 41.1 Å². The molecule has 1 aliphatic heterocycles. The SMILES string of the molecule is C[C@@H]1CN(c2nc(C3CC3)ns2)CCN1. The van der Waals surface area contributed by atoms with Crippen molar-refractivity contribution in [2.45, 2.75) is 31.7 Å². The van der Waals surface area contributed by atoms with Gasteiger partial charge in [-0.05, 0) is 19.8 Å². The molecule has 0 aromatic carbocycles. The minimum atomic E-state index is 0.562. The first-order valence-corrected chi connectivity index (χ1v) is 6.42. The molecule has 0 amide bonds. The van der Waals surface area contributed by atoms with Crippen LogP contribution in [-0.4, -0.2) is 35.0 Å². The van der Waals surface area contributed by atoms with Crippen LogP contribution in [0.1, 0.15) is 31.5 Å². The summed E-state index contributed by atoms with van der Waals surface area (Å²) >= 11 is 1.56. The molecule has 1 aromatic rings. The van der Waals surface area contributed by atoms with E-state index in [1.165, 1.54) is 12.8 Å². The Bertz CT molecular complexity index is 347. The lowest BCUT2D eigenvalue weighted by Crippen LogP contribution is -2.49. The Hall–Kier alpha value is -0.680. The van der Waals surface area contributed by atoms with Gasteiger partial charge in [0.2, 0.25) is 5.13 Å². The standard InChI is InChI=1S/C10H16N4S/c1-7-6-14(5-4-11-7)10-12-9(13-15-10)8-2-3-8/h7-8,11H,2-6H2,1H3/t7-/m1/s1. The fraction of sp³-hybridized carbons (Fsp3) is 0.800. The lowest BCUT2D eigenvalue weighted by atomic mass is 10.2. The fourth-order valence-corrected chi connectivity index (χ4v) is 2.75. The van der Waals surface area contributed by atoms with Gasteiger partial charge in [-0.15, -0.1) is 0 Å².